The second-order valence-corrected chi connectivity index (χ2v) is 4.89. The van der Waals surface area contributed by atoms with E-state index in [1.54, 1.807) is 7.05 Å². The van der Waals surface area contributed by atoms with Crippen molar-refractivity contribution in [2.24, 2.45) is 17.6 Å². The molecular weight excluding hydrogens is 234 g/mol. The molecule has 6 nitrogen and oxygen atoms in total. The van der Waals surface area contributed by atoms with Crippen molar-refractivity contribution in [3.8, 4) is 0 Å². The lowest BCUT2D eigenvalue weighted by Gasteiger charge is -2.44. The Bertz CT molecular complexity index is 322. The summed E-state index contributed by atoms with van der Waals surface area (Å²) in [7, 11) is 1.55. The molecule has 4 N–H and O–H groups in total. The normalized spacial score (nSPS) is 35.9. The Morgan fingerprint density at radius 2 is 1.89 bits per heavy atom. The highest BCUT2D eigenvalue weighted by Crippen LogP contribution is 2.30. The van der Waals surface area contributed by atoms with Gasteiger partial charge in [0, 0.05) is 20.5 Å². The van der Waals surface area contributed by atoms with E-state index in [-0.39, 0.29) is 35.8 Å². The Hall–Kier alpha value is -1.14. The molecule has 1 heterocycles. The molecule has 0 saturated carbocycles. The molecule has 2 amide bonds. The van der Waals surface area contributed by atoms with E-state index in [0.717, 1.165) is 0 Å². The second-order valence-electron chi connectivity index (χ2n) is 4.89. The van der Waals surface area contributed by atoms with Crippen LogP contribution in [0.2, 0.25) is 0 Å². The highest BCUT2D eigenvalue weighted by Gasteiger charge is 2.44. The highest BCUT2D eigenvalue weighted by atomic mass is 16.5. The van der Waals surface area contributed by atoms with Crippen LogP contribution in [0.25, 0.3) is 0 Å². The van der Waals surface area contributed by atoms with Crippen LogP contribution in [0, 0.1) is 11.8 Å². The van der Waals surface area contributed by atoms with E-state index < -0.39 is 6.10 Å². The van der Waals surface area contributed by atoms with Gasteiger partial charge in [-0.25, -0.2) is 0 Å². The van der Waals surface area contributed by atoms with Gasteiger partial charge in [0.05, 0.1) is 12.1 Å². The molecule has 0 unspecified atom stereocenters. The minimum atomic E-state index is -0.682. The van der Waals surface area contributed by atoms with Crippen LogP contribution in [0.5, 0.6) is 0 Å². The molecule has 5 atom stereocenters. The summed E-state index contributed by atoms with van der Waals surface area (Å²) in [5.41, 5.74) is 5.66. The molecule has 1 aliphatic rings. The zero-order valence-electron chi connectivity index (χ0n) is 11.4. The van der Waals surface area contributed by atoms with Crippen molar-refractivity contribution in [1.29, 1.82) is 0 Å². The third kappa shape index (κ3) is 3.00. The van der Waals surface area contributed by atoms with Gasteiger partial charge in [-0.3, -0.25) is 9.59 Å². The van der Waals surface area contributed by atoms with Crippen molar-refractivity contribution < 1.29 is 14.3 Å². The van der Waals surface area contributed by atoms with Crippen molar-refractivity contribution in [1.82, 2.24) is 10.6 Å². The monoisotopic (exact) mass is 257 g/mol. The lowest BCUT2D eigenvalue weighted by Crippen LogP contribution is -2.62. The standard InChI is InChI=1S/C12H23N3O3/c1-6-7(2)10(15-8(3)16)11(12(17)14-4)18-9(6)5-13/h6-7,9-11H,5,13H2,1-4H3,(H,14,17)(H,15,16)/t6-,7+,9+,10+,11+/m0/s1. The molecule has 1 saturated heterocycles. The maximum Gasteiger partial charge on any atom is 0.251 e. The predicted molar refractivity (Wildman–Crippen MR) is 67.7 cm³/mol. The van der Waals surface area contributed by atoms with E-state index in [9.17, 15) is 9.59 Å². The number of rotatable bonds is 3. The Kier molecular flexibility index (Phi) is 5.10. The number of carbonyl (C=O) groups is 2. The maximum absolute atomic E-state index is 11.8. The van der Waals surface area contributed by atoms with Gasteiger partial charge in [0.2, 0.25) is 5.91 Å². The number of nitrogens with two attached hydrogens (primary N) is 1. The number of hydrogen-bond donors (Lipinski definition) is 3. The van der Waals surface area contributed by atoms with Crippen LogP contribution >= 0.6 is 0 Å². The van der Waals surface area contributed by atoms with Crippen LogP contribution in [-0.4, -0.2) is 43.7 Å². The summed E-state index contributed by atoms with van der Waals surface area (Å²) in [5, 5.41) is 5.37. The van der Waals surface area contributed by atoms with Crippen LogP contribution in [0.1, 0.15) is 20.8 Å². The van der Waals surface area contributed by atoms with Crippen LogP contribution < -0.4 is 16.4 Å². The largest absolute Gasteiger partial charge is 0.361 e. The summed E-state index contributed by atoms with van der Waals surface area (Å²) in [4.78, 5) is 23.1. The molecule has 0 bridgehead atoms. The molecule has 104 valence electrons. The minimum Gasteiger partial charge on any atom is -0.361 e. The number of amides is 2. The van der Waals surface area contributed by atoms with Gasteiger partial charge in [0.15, 0.2) is 6.10 Å². The van der Waals surface area contributed by atoms with Gasteiger partial charge in [-0.05, 0) is 11.8 Å². The van der Waals surface area contributed by atoms with Crippen LogP contribution in [0.15, 0.2) is 0 Å². The zero-order valence-corrected chi connectivity index (χ0v) is 11.4. The summed E-state index contributed by atoms with van der Waals surface area (Å²) in [5.74, 6) is -0.0834. The van der Waals surface area contributed by atoms with E-state index >= 15 is 0 Å². The predicted octanol–water partition coefficient (Wildman–Crippen LogP) is -0.765. The zero-order chi connectivity index (χ0) is 13.9. The fourth-order valence-corrected chi connectivity index (χ4v) is 2.42. The first kappa shape index (κ1) is 14.9. The molecule has 0 spiro atoms. The third-order valence-electron chi connectivity index (χ3n) is 3.74. The van der Waals surface area contributed by atoms with Gasteiger partial charge in [-0.1, -0.05) is 13.8 Å². The lowest BCUT2D eigenvalue weighted by atomic mass is 9.79. The quantitative estimate of drug-likeness (QED) is 0.619. The lowest BCUT2D eigenvalue weighted by molar-refractivity contribution is -0.157. The Morgan fingerprint density at radius 1 is 1.28 bits per heavy atom. The summed E-state index contributed by atoms with van der Waals surface area (Å²) in [6.07, 6.45) is -0.842. The van der Waals surface area contributed by atoms with Gasteiger partial charge in [-0.2, -0.15) is 0 Å². The smallest absolute Gasteiger partial charge is 0.251 e. The molecule has 18 heavy (non-hydrogen) atoms. The van der Waals surface area contributed by atoms with Crippen LogP contribution in [0.3, 0.4) is 0 Å². The first-order chi connectivity index (χ1) is 8.42. The third-order valence-corrected chi connectivity index (χ3v) is 3.74. The number of ether oxygens (including phenoxy) is 1. The minimum absolute atomic E-state index is 0.124. The highest BCUT2D eigenvalue weighted by molar-refractivity contribution is 5.83. The van der Waals surface area contributed by atoms with Gasteiger partial charge >= 0.3 is 0 Å². The first-order valence-electron chi connectivity index (χ1n) is 6.26. The molecule has 0 aromatic heterocycles. The van der Waals surface area contributed by atoms with Crippen molar-refractivity contribution >= 4 is 11.8 Å². The molecular formula is C12H23N3O3. The molecule has 1 fully saturated rings. The number of likely N-dealkylation sites (N-methyl/N-ethyl adjacent to an activating group) is 1. The van der Waals surface area contributed by atoms with Crippen LogP contribution in [0.4, 0.5) is 0 Å². The van der Waals surface area contributed by atoms with Crippen molar-refractivity contribution in [2.45, 2.75) is 39.0 Å². The number of hydrogen-bond acceptors (Lipinski definition) is 4. The first-order valence-corrected chi connectivity index (χ1v) is 6.26. The molecule has 0 radical (unpaired) electrons. The van der Waals surface area contributed by atoms with Crippen molar-refractivity contribution in [3.05, 3.63) is 0 Å². The van der Waals surface area contributed by atoms with Gasteiger partial charge in [0.1, 0.15) is 0 Å². The molecule has 1 aliphatic heterocycles. The van der Waals surface area contributed by atoms with Gasteiger partial charge in [-0.15, -0.1) is 0 Å². The number of carbonyl (C=O) groups excluding carboxylic acids is 2. The summed E-state index contributed by atoms with van der Waals surface area (Å²) >= 11 is 0. The Morgan fingerprint density at radius 3 is 2.33 bits per heavy atom. The van der Waals surface area contributed by atoms with E-state index in [1.165, 1.54) is 6.92 Å². The average Bonchev–Trinajstić information content (AvgIpc) is 2.34. The van der Waals surface area contributed by atoms with Crippen LogP contribution in [-0.2, 0) is 14.3 Å². The molecule has 0 aromatic rings. The molecule has 6 heteroatoms. The molecule has 0 aliphatic carbocycles. The van der Waals surface area contributed by atoms with E-state index in [2.05, 4.69) is 10.6 Å². The second kappa shape index (κ2) is 6.15. The van der Waals surface area contributed by atoms with E-state index in [1.807, 2.05) is 13.8 Å². The summed E-state index contributed by atoms with van der Waals surface area (Å²) in [6.45, 7) is 5.84. The molecule has 1 rings (SSSR count). The SMILES string of the molecule is CNC(=O)[C@@H]1O[C@H](CN)[C@@H](C)[C@@H](C)[C@H]1NC(C)=O. The van der Waals surface area contributed by atoms with Crippen molar-refractivity contribution in [2.75, 3.05) is 13.6 Å². The fraction of sp³-hybridized carbons (Fsp3) is 0.833. The van der Waals surface area contributed by atoms with Crippen molar-refractivity contribution in [3.63, 3.8) is 0 Å². The summed E-state index contributed by atoms with van der Waals surface area (Å²) in [6, 6.07) is -0.319. The topological polar surface area (TPSA) is 93.4 Å². The molecule has 0 aromatic carbocycles. The van der Waals surface area contributed by atoms with E-state index in [4.69, 9.17) is 10.5 Å². The Balaban J connectivity index is 2.93. The van der Waals surface area contributed by atoms with E-state index in [0.29, 0.717) is 6.54 Å². The summed E-state index contributed by atoms with van der Waals surface area (Å²) < 4.78 is 5.73. The fourth-order valence-electron chi connectivity index (χ4n) is 2.42. The van der Waals surface area contributed by atoms with Gasteiger partial charge < -0.3 is 21.1 Å². The average molecular weight is 257 g/mol. The Labute approximate surface area is 108 Å². The maximum atomic E-state index is 11.8. The van der Waals surface area contributed by atoms with Gasteiger partial charge in [0.25, 0.3) is 5.91 Å². The number of nitrogens with one attached hydrogen (secondary N) is 2.